The molecule has 2 N–H and O–H groups in total. The number of fused-ring (bicyclic) bond motifs is 1. The average Bonchev–Trinajstić information content (AvgIpc) is 2.72. The van der Waals surface area contributed by atoms with Gasteiger partial charge in [0.15, 0.2) is 5.69 Å². The van der Waals surface area contributed by atoms with Gasteiger partial charge in [-0.2, -0.15) is 0 Å². The summed E-state index contributed by atoms with van der Waals surface area (Å²) in [5.74, 6) is 0.419. The van der Waals surface area contributed by atoms with Crippen molar-refractivity contribution < 1.29 is 9.59 Å². The van der Waals surface area contributed by atoms with E-state index in [9.17, 15) is 9.59 Å². The van der Waals surface area contributed by atoms with Crippen LogP contribution < -0.4 is 10.6 Å². The van der Waals surface area contributed by atoms with Crippen LogP contribution in [0.5, 0.6) is 0 Å². The predicted molar refractivity (Wildman–Crippen MR) is 70.9 cm³/mol. The number of amides is 2. The number of carbonyl (C=O) groups excluding carboxylic acids is 2. The third kappa shape index (κ3) is 2.90. The molecule has 2 heterocycles. The fourth-order valence-electron chi connectivity index (χ4n) is 1.86. The fraction of sp³-hybridized carbons (Fsp3) is 0.308. The van der Waals surface area contributed by atoms with Gasteiger partial charge < -0.3 is 15.0 Å². The van der Waals surface area contributed by atoms with Crippen LogP contribution in [0, 0.1) is 6.92 Å². The Hall–Kier alpha value is -2.37. The van der Waals surface area contributed by atoms with Gasteiger partial charge in [-0.05, 0) is 19.1 Å². The molecule has 0 saturated heterocycles. The molecule has 2 aromatic rings. The van der Waals surface area contributed by atoms with Crippen molar-refractivity contribution in [2.45, 2.75) is 13.8 Å². The second kappa shape index (κ2) is 5.51. The molecule has 0 atom stereocenters. The third-order valence-electron chi connectivity index (χ3n) is 2.72. The first kappa shape index (κ1) is 13.1. The highest BCUT2D eigenvalue weighted by Gasteiger charge is 2.14. The highest BCUT2D eigenvalue weighted by atomic mass is 16.2. The summed E-state index contributed by atoms with van der Waals surface area (Å²) < 4.78 is 1.86. The third-order valence-corrected chi connectivity index (χ3v) is 2.72. The summed E-state index contributed by atoms with van der Waals surface area (Å²) >= 11 is 0. The molecule has 0 aliphatic heterocycles. The molecule has 0 aliphatic rings. The number of nitrogens with one attached hydrogen (secondary N) is 2. The summed E-state index contributed by atoms with van der Waals surface area (Å²) in [5.41, 5.74) is 1.18. The number of pyridine rings is 1. The van der Waals surface area contributed by atoms with Crippen molar-refractivity contribution in [1.29, 1.82) is 0 Å². The molecular weight excluding hydrogens is 244 g/mol. The highest BCUT2D eigenvalue weighted by Crippen LogP contribution is 2.12. The molecule has 0 bridgehead atoms. The van der Waals surface area contributed by atoms with Crippen molar-refractivity contribution in [2.24, 2.45) is 0 Å². The normalized spacial score (nSPS) is 10.4. The van der Waals surface area contributed by atoms with E-state index >= 15 is 0 Å². The first-order chi connectivity index (χ1) is 9.09. The number of hydrogen-bond donors (Lipinski definition) is 2. The van der Waals surface area contributed by atoms with E-state index in [1.54, 1.807) is 0 Å². The van der Waals surface area contributed by atoms with Crippen LogP contribution in [0.3, 0.4) is 0 Å². The van der Waals surface area contributed by atoms with Crippen LogP contribution in [0.25, 0.3) is 5.52 Å². The molecule has 0 radical (unpaired) electrons. The van der Waals surface area contributed by atoms with Crippen LogP contribution in [0.2, 0.25) is 0 Å². The maximum atomic E-state index is 12.0. The van der Waals surface area contributed by atoms with E-state index in [0.717, 1.165) is 11.3 Å². The summed E-state index contributed by atoms with van der Waals surface area (Å²) in [4.78, 5) is 27.0. The molecule has 0 unspecified atom stereocenters. The van der Waals surface area contributed by atoms with E-state index in [0.29, 0.717) is 18.8 Å². The Morgan fingerprint density at radius 3 is 2.74 bits per heavy atom. The van der Waals surface area contributed by atoms with Crippen LogP contribution in [0.15, 0.2) is 24.4 Å². The Bertz CT molecular complexity index is 618. The van der Waals surface area contributed by atoms with Crippen molar-refractivity contribution in [3.8, 4) is 0 Å². The lowest BCUT2D eigenvalue weighted by molar-refractivity contribution is -0.118. The molecule has 19 heavy (non-hydrogen) atoms. The first-order valence-electron chi connectivity index (χ1n) is 6.06. The highest BCUT2D eigenvalue weighted by molar-refractivity contribution is 5.99. The Labute approximate surface area is 110 Å². The Kier molecular flexibility index (Phi) is 3.79. The minimum Gasteiger partial charge on any atom is -0.355 e. The molecule has 2 amide bonds. The van der Waals surface area contributed by atoms with Gasteiger partial charge in [-0.3, -0.25) is 9.59 Å². The van der Waals surface area contributed by atoms with Gasteiger partial charge in [0.25, 0.3) is 5.91 Å². The van der Waals surface area contributed by atoms with E-state index in [-0.39, 0.29) is 11.8 Å². The number of aryl methyl sites for hydroxylation is 1. The summed E-state index contributed by atoms with van der Waals surface area (Å²) in [7, 11) is 0. The molecule has 2 aromatic heterocycles. The van der Waals surface area contributed by atoms with E-state index in [1.807, 2.05) is 35.7 Å². The van der Waals surface area contributed by atoms with Crippen LogP contribution in [-0.2, 0) is 4.79 Å². The smallest absolute Gasteiger partial charge is 0.272 e. The topological polar surface area (TPSA) is 75.5 Å². The van der Waals surface area contributed by atoms with Crippen molar-refractivity contribution in [1.82, 2.24) is 20.0 Å². The molecule has 0 aliphatic carbocycles. The molecule has 0 spiro atoms. The van der Waals surface area contributed by atoms with E-state index in [4.69, 9.17) is 0 Å². The largest absolute Gasteiger partial charge is 0.355 e. The summed E-state index contributed by atoms with van der Waals surface area (Å²) in [5, 5.41) is 5.35. The Balaban J connectivity index is 2.07. The second-order valence-corrected chi connectivity index (χ2v) is 4.20. The van der Waals surface area contributed by atoms with E-state index < -0.39 is 0 Å². The predicted octanol–water partition coefficient (Wildman–Crippen LogP) is 0.509. The minimum atomic E-state index is -0.234. The first-order valence-corrected chi connectivity index (χ1v) is 6.06. The van der Waals surface area contributed by atoms with Crippen molar-refractivity contribution in [2.75, 3.05) is 13.1 Å². The summed E-state index contributed by atoms with van der Waals surface area (Å²) in [6, 6.07) is 5.60. The zero-order valence-corrected chi connectivity index (χ0v) is 10.9. The van der Waals surface area contributed by atoms with Gasteiger partial charge in [0.05, 0.1) is 5.52 Å². The number of aromatic nitrogens is 2. The van der Waals surface area contributed by atoms with Gasteiger partial charge in [-0.1, -0.05) is 6.07 Å². The lowest BCUT2D eigenvalue weighted by Crippen LogP contribution is -2.33. The van der Waals surface area contributed by atoms with Gasteiger partial charge in [-0.15, -0.1) is 0 Å². The number of hydrogen-bond acceptors (Lipinski definition) is 3. The van der Waals surface area contributed by atoms with Crippen LogP contribution in [-0.4, -0.2) is 34.3 Å². The monoisotopic (exact) mass is 260 g/mol. The number of rotatable bonds is 4. The summed E-state index contributed by atoms with van der Waals surface area (Å²) in [6.45, 7) is 4.07. The Morgan fingerprint density at radius 2 is 2.00 bits per heavy atom. The van der Waals surface area contributed by atoms with Gasteiger partial charge in [0.2, 0.25) is 5.91 Å². The molecule has 2 rings (SSSR count). The maximum absolute atomic E-state index is 12.0. The molecule has 6 nitrogen and oxygen atoms in total. The number of imidazole rings is 1. The molecule has 0 aromatic carbocycles. The van der Waals surface area contributed by atoms with Gasteiger partial charge in [-0.25, -0.2) is 4.98 Å². The number of nitrogens with zero attached hydrogens (tertiary/aromatic N) is 2. The quantitative estimate of drug-likeness (QED) is 0.786. The van der Waals surface area contributed by atoms with E-state index in [1.165, 1.54) is 6.92 Å². The Morgan fingerprint density at radius 1 is 1.26 bits per heavy atom. The van der Waals surface area contributed by atoms with Gasteiger partial charge in [0.1, 0.15) is 5.82 Å². The minimum absolute atomic E-state index is 0.113. The van der Waals surface area contributed by atoms with Crippen molar-refractivity contribution in [3.05, 3.63) is 35.9 Å². The number of carbonyl (C=O) groups is 2. The van der Waals surface area contributed by atoms with Crippen LogP contribution in [0.1, 0.15) is 23.2 Å². The fourth-order valence-corrected chi connectivity index (χ4v) is 1.86. The van der Waals surface area contributed by atoms with Crippen LogP contribution >= 0.6 is 0 Å². The molecule has 6 heteroatoms. The van der Waals surface area contributed by atoms with Crippen molar-refractivity contribution in [3.63, 3.8) is 0 Å². The molecule has 0 fully saturated rings. The summed E-state index contributed by atoms with van der Waals surface area (Å²) in [6.07, 6.45) is 1.87. The van der Waals surface area contributed by atoms with Gasteiger partial charge >= 0.3 is 0 Å². The molecular formula is C13H16N4O2. The zero-order chi connectivity index (χ0) is 13.8. The molecule has 100 valence electrons. The standard InChI is InChI=1S/C13H16N4O2/c1-9-16-12(11-5-3-4-8-17(9)11)13(19)15-7-6-14-10(2)18/h3-5,8H,6-7H2,1-2H3,(H,14,18)(H,15,19). The van der Waals surface area contributed by atoms with Gasteiger partial charge in [0, 0.05) is 26.2 Å². The van der Waals surface area contributed by atoms with Crippen LogP contribution in [0.4, 0.5) is 0 Å². The lowest BCUT2D eigenvalue weighted by Gasteiger charge is -2.04. The molecule has 0 saturated carbocycles. The SMILES string of the molecule is CC(=O)NCCNC(=O)c1nc(C)n2ccccc12. The van der Waals surface area contributed by atoms with E-state index in [2.05, 4.69) is 15.6 Å². The zero-order valence-electron chi connectivity index (χ0n) is 10.9. The average molecular weight is 260 g/mol. The van der Waals surface area contributed by atoms with Crippen molar-refractivity contribution >= 4 is 17.3 Å². The second-order valence-electron chi connectivity index (χ2n) is 4.20. The lowest BCUT2D eigenvalue weighted by atomic mass is 10.3. The maximum Gasteiger partial charge on any atom is 0.272 e.